The van der Waals surface area contributed by atoms with Gasteiger partial charge in [-0.1, -0.05) is 15.9 Å². The van der Waals surface area contributed by atoms with Crippen LogP contribution in [0.15, 0.2) is 33.7 Å². The third-order valence-corrected chi connectivity index (χ3v) is 5.96. The maximum atomic E-state index is 6.05. The number of hydrogen-bond donors (Lipinski definition) is 1. The maximum Gasteiger partial charge on any atom is 0.193 e. The summed E-state index contributed by atoms with van der Waals surface area (Å²) in [5.41, 5.74) is 0. The Morgan fingerprint density at radius 3 is 2.48 bits per heavy atom. The lowest BCUT2D eigenvalue weighted by atomic mass is 9.82. The summed E-state index contributed by atoms with van der Waals surface area (Å²) in [6, 6.07) is 7.91. The summed E-state index contributed by atoms with van der Waals surface area (Å²) in [5, 5.41) is 3.43. The summed E-state index contributed by atoms with van der Waals surface area (Å²) in [4.78, 5) is 6.84. The Balaban J connectivity index is 0.00000182. The minimum Gasteiger partial charge on any atom is -0.492 e. The van der Waals surface area contributed by atoms with Crippen molar-refractivity contribution in [3.8, 4) is 5.75 Å². The first-order valence-electron chi connectivity index (χ1n) is 8.74. The number of aliphatic imine (C=N–C) groups is 1. The third kappa shape index (κ3) is 4.08. The predicted molar refractivity (Wildman–Crippen MR) is 113 cm³/mol. The molecule has 138 valence electrons. The third-order valence-electron chi connectivity index (χ3n) is 5.43. The van der Waals surface area contributed by atoms with Crippen molar-refractivity contribution in [2.45, 2.75) is 25.0 Å². The molecular weight excluding hydrogens is 497 g/mol. The molecule has 0 saturated carbocycles. The molecule has 3 fully saturated rings. The van der Waals surface area contributed by atoms with E-state index in [1.807, 2.05) is 31.3 Å². The fourth-order valence-corrected chi connectivity index (χ4v) is 4.59. The smallest absolute Gasteiger partial charge is 0.193 e. The van der Waals surface area contributed by atoms with E-state index >= 15 is 0 Å². The SMILES string of the molecule is CN=C(NCCOc1ccc(Br)cc1)N1CC2C3CCC(O3)C2C1.I. The monoisotopic (exact) mass is 521 g/mol. The first-order chi connectivity index (χ1) is 11.7. The Hall–Kier alpha value is -0.540. The van der Waals surface area contributed by atoms with Gasteiger partial charge in [0.05, 0.1) is 18.8 Å². The number of benzene rings is 1. The van der Waals surface area contributed by atoms with Crippen LogP contribution in [0.3, 0.4) is 0 Å². The number of likely N-dealkylation sites (tertiary alicyclic amines) is 1. The van der Waals surface area contributed by atoms with E-state index in [4.69, 9.17) is 9.47 Å². The van der Waals surface area contributed by atoms with Gasteiger partial charge in [0, 0.05) is 36.4 Å². The Labute approximate surface area is 174 Å². The molecule has 4 rings (SSSR count). The number of nitrogens with one attached hydrogen (secondary N) is 1. The lowest BCUT2D eigenvalue weighted by Gasteiger charge is -2.23. The molecule has 4 atom stereocenters. The first-order valence-corrected chi connectivity index (χ1v) is 9.53. The highest BCUT2D eigenvalue weighted by atomic mass is 127. The second-order valence-corrected chi connectivity index (χ2v) is 7.72. The Bertz CT molecular complexity index is 595. The van der Waals surface area contributed by atoms with Gasteiger partial charge in [0.1, 0.15) is 12.4 Å². The molecule has 0 radical (unpaired) electrons. The van der Waals surface area contributed by atoms with E-state index in [9.17, 15) is 0 Å². The van der Waals surface area contributed by atoms with Crippen LogP contribution in [0.1, 0.15) is 12.8 Å². The van der Waals surface area contributed by atoms with Crippen molar-refractivity contribution in [2.75, 3.05) is 33.3 Å². The van der Waals surface area contributed by atoms with Crippen molar-refractivity contribution in [3.05, 3.63) is 28.7 Å². The molecule has 0 spiro atoms. The molecule has 1 N–H and O–H groups in total. The van der Waals surface area contributed by atoms with Crippen molar-refractivity contribution in [1.82, 2.24) is 10.2 Å². The lowest BCUT2D eigenvalue weighted by molar-refractivity contribution is 0.0767. The van der Waals surface area contributed by atoms with Gasteiger partial charge in [-0.15, -0.1) is 24.0 Å². The number of rotatable bonds is 4. The zero-order valence-corrected chi connectivity index (χ0v) is 18.3. The standard InChI is InChI=1S/C18H24BrN3O2.HI/c1-20-18(21-8-9-23-13-4-2-12(19)3-5-13)22-10-14-15(11-22)17-7-6-16(14)24-17;/h2-5,14-17H,6-11H2,1H3,(H,20,21);1H. The molecular formula is C18H25BrIN3O2. The molecule has 7 heteroatoms. The highest BCUT2D eigenvalue weighted by Gasteiger charge is 2.53. The number of guanidine groups is 1. The average molecular weight is 522 g/mol. The first kappa shape index (κ1) is 19.2. The molecule has 4 unspecified atom stereocenters. The Morgan fingerprint density at radius 1 is 1.24 bits per heavy atom. The summed E-state index contributed by atoms with van der Waals surface area (Å²) in [7, 11) is 1.86. The van der Waals surface area contributed by atoms with E-state index in [1.165, 1.54) is 12.8 Å². The van der Waals surface area contributed by atoms with Gasteiger partial charge in [-0.05, 0) is 37.1 Å². The maximum absolute atomic E-state index is 6.05. The highest BCUT2D eigenvalue weighted by Crippen LogP contribution is 2.47. The van der Waals surface area contributed by atoms with Crippen molar-refractivity contribution in [2.24, 2.45) is 16.8 Å². The minimum atomic E-state index is 0. The van der Waals surface area contributed by atoms with Crippen LogP contribution >= 0.6 is 39.9 Å². The van der Waals surface area contributed by atoms with Gasteiger partial charge in [-0.2, -0.15) is 0 Å². The summed E-state index contributed by atoms with van der Waals surface area (Å²) in [5.74, 6) is 3.27. The topological polar surface area (TPSA) is 46.1 Å². The minimum absolute atomic E-state index is 0. The van der Waals surface area contributed by atoms with Crippen molar-refractivity contribution < 1.29 is 9.47 Å². The molecule has 1 aromatic carbocycles. The number of fused-ring (bicyclic) bond motifs is 5. The van der Waals surface area contributed by atoms with Crippen LogP contribution in [0.2, 0.25) is 0 Å². The van der Waals surface area contributed by atoms with Gasteiger partial charge in [-0.3, -0.25) is 4.99 Å². The van der Waals surface area contributed by atoms with Gasteiger partial charge in [0.2, 0.25) is 0 Å². The normalized spacial score (nSPS) is 30.2. The van der Waals surface area contributed by atoms with E-state index in [2.05, 4.69) is 31.1 Å². The average Bonchev–Trinajstić information content (AvgIpc) is 3.29. The van der Waals surface area contributed by atoms with Gasteiger partial charge in [-0.25, -0.2) is 0 Å². The zero-order chi connectivity index (χ0) is 16.5. The zero-order valence-electron chi connectivity index (χ0n) is 14.4. The van der Waals surface area contributed by atoms with E-state index in [1.54, 1.807) is 0 Å². The van der Waals surface area contributed by atoms with E-state index in [0.29, 0.717) is 30.7 Å². The highest BCUT2D eigenvalue weighted by molar-refractivity contribution is 14.0. The number of halogens is 2. The fraction of sp³-hybridized carbons (Fsp3) is 0.611. The number of nitrogens with zero attached hydrogens (tertiary/aromatic N) is 2. The van der Waals surface area contributed by atoms with Crippen molar-refractivity contribution in [1.29, 1.82) is 0 Å². The molecule has 0 aliphatic carbocycles. The van der Waals surface area contributed by atoms with Crippen LogP contribution in [0.4, 0.5) is 0 Å². The van der Waals surface area contributed by atoms with Crippen LogP contribution in [-0.2, 0) is 4.74 Å². The molecule has 5 nitrogen and oxygen atoms in total. The van der Waals surface area contributed by atoms with E-state index < -0.39 is 0 Å². The van der Waals surface area contributed by atoms with E-state index in [-0.39, 0.29) is 24.0 Å². The summed E-state index contributed by atoms with van der Waals surface area (Å²) in [6.45, 7) is 3.51. The van der Waals surface area contributed by atoms with Crippen LogP contribution in [0.25, 0.3) is 0 Å². The van der Waals surface area contributed by atoms with Crippen LogP contribution in [-0.4, -0.2) is 56.4 Å². The molecule has 3 heterocycles. The number of hydrogen-bond acceptors (Lipinski definition) is 3. The lowest BCUT2D eigenvalue weighted by Crippen LogP contribution is -2.42. The van der Waals surface area contributed by atoms with Crippen LogP contribution in [0.5, 0.6) is 5.75 Å². The molecule has 3 aliphatic rings. The van der Waals surface area contributed by atoms with Crippen LogP contribution < -0.4 is 10.1 Å². The molecule has 0 aromatic heterocycles. The summed E-state index contributed by atoms with van der Waals surface area (Å²) < 4.78 is 12.9. The van der Waals surface area contributed by atoms with Gasteiger partial charge in [0.15, 0.2) is 5.96 Å². The molecule has 0 amide bonds. The largest absolute Gasteiger partial charge is 0.492 e. The fourth-order valence-electron chi connectivity index (χ4n) is 4.33. The van der Waals surface area contributed by atoms with Gasteiger partial charge in [0.25, 0.3) is 0 Å². The Morgan fingerprint density at radius 2 is 1.88 bits per heavy atom. The van der Waals surface area contributed by atoms with Crippen LogP contribution in [0, 0.1) is 11.8 Å². The molecule has 3 saturated heterocycles. The molecule has 1 aromatic rings. The van der Waals surface area contributed by atoms with Gasteiger partial charge >= 0.3 is 0 Å². The molecule has 25 heavy (non-hydrogen) atoms. The van der Waals surface area contributed by atoms with E-state index in [0.717, 1.165) is 35.8 Å². The molecule has 3 aliphatic heterocycles. The van der Waals surface area contributed by atoms with Gasteiger partial charge < -0.3 is 19.7 Å². The second kappa shape index (κ2) is 8.43. The molecule has 2 bridgehead atoms. The van der Waals surface area contributed by atoms with Crippen molar-refractivity contribution >= 4 is 45.9 Å². The Kier molecular flexibility index (Phi) is 6.49. The van der Waals surface area contributed by atoms with Crippen molar-refractivity contribution in [3.63, 3.8) is 0 Å². The predicted octanol–water partition coefficient (Wildman–Crippen LogP) is 3.13. The summed E-state index contributed by atoms with van der Waals surface area (Å²) >= 11 is 3.43. The second-order valence-electron chi connectivity index (χ2n) is 6.80. The number of ether oxygens (including phenoxy) is 2. The summed E-state index contributed by atoms with van der Waals surface area (Å²) in [6.07, 6.45) is 3.46. The quantitative estimate of drug-likeness (QED) is 0.286.